The minimum atomic E-state index is -1.88. The van der Waals surface area contributed by atoms with Crippen molar-refractivity contribution >= 4 is 22.6 Å². The van der Waals surface area contributed by atoms with Crippen molar-refractivity contribution in [2.24, 2.45) is 0 Å². The summed E-state index contributed by atoms with van der Waals surface area (Å²) >= 11 is 0. The Morgan fingerprint density at radius 1 is 0.769 bits per heavy atom. The Morgan fingerprint density at radius 2 is 1.23 bits per heavy atom. The summed E-state index contributed by atoms with van der Waals surface area (Å²) in [4.78, 5) is 12.4. The Balaban J connectivity index is 4.68. The number of ether oxygens (including phenoxy) is 1. The molecule has 0 saturated carbocycles. The number of esters is 1. The van der Waals surface area contributed by atoms with E-state index < -0.39 is 22.7 Å². The summed E-state index contributed by atoms with van der Waals surface area (Å²) in [7, 11) is -2.22. The predicted molar refractivity (Wildman–Crippen MR) is 116 cm³/mol. The Labute approximate surface area is 164 Å². The molecular formula is C20H44O4Si2. The fraction of sp³-hybridized carbons (Fsp3) is 0.950. The molecule has 0 aromatic rings. The van der Waals surface area contributed by atoms with Crippen LogP contribution in [0.5, 0.6) is 0 Å². The van der Waals surface area contributed by atoms with Crippen LogP contribution in [0.15, 0.2) is 0 Å². The van der Waals surface area contributed by atoms with Gasteiger partial charge in [0.2, 0.25) is 0 Å². The van der Waals surface area contributed by atoms with E-state index in [0.29, 0.717) is 0 Å². The second-order valence-electron chi connectivity index (χ2n) is 9.21. The molecule has 156 valence electrons. The molecule has 0 fully saturated rings. The number of hydrogen-bond acceptors (Lipinski definition) is 4. The van der Waals surface area contributed by atoms with E-state index in [4.69, 9.17) is 13.6 Å². The van der Waals surface area contributed by atoms with Gasteiger partial charge in [0.05, 0.1) is 13.2 Å². The van der Waals surface area contributed by atoms with Gasteiger partial charge < -0.3 is 13.6 Å². The van der Waals surface area contributed by atoms with Crippen molar-refractivity contribution in [2.45, 2.75) is 116 Å². The first-order valence-corrected chi connectivity index (χ1v) is 17.3. The van der Waals surface area contributed by atoms with Crippen LogP contribution in [0.3, 0.4) is 0 Å². The molecule has 0 rings (SSSR count). The smallest absolute Gasteiger partial charge is 0.336 e. The lowest BCUT2D eigenvalue weighted by atomic mass is 10.0. The van der Waals surface area contributed by atoms with E-state index in [9.17, 15) is 4.79 Å². The van der Waals surface area contributed by atoms with Crippen molar-refractivity contribution in [2.75, 3.05) is 7.11 Å². The fourth-order valence-corrected chi connectivity index (χ4v) is 5.14. The zero-order chi connectivity index (χ0) is 20.2. The van der Waals surface area contributed by atoms with Crippen LogP contribution in [0.4, 0.5) is 0 Å². The third kappa shape index (κ3) is 14.0. The van der Waals surface area contributed by atoms with Gasteiger partial charge in [0.15, 0.2) is 22.7 Å². The largest absolute Gasteiger partial charge is 0.467 e. The quantitative estimate of drug-likeness (QED) is 0.187. The van der Waals surface area contributed by atoms with E-state index in [0.717, 1.165) is 12.8 Å². The zero-order valence-corrected chi connectivity index (χ0v) is 20.7. The lowest BCUT2D eigenvalue weighted by Gasteiger charge is -2.34. The van der Waals surface area contributed by atoms with Crippen LogP contribution in [0.2, 0.25) is 39.3 Å². The number of rotatable bonds is 15. The first kappa shape index (κ1) is 25.8. The molecule has 0 radical (unpaired) electrons. The maximum atomic E-state index is 12.4. The van der Waals surface area contributed by atoms with Crippen LogP contribution in [-0.4, -0.2) is 41.9 Å². The van der Waals surface area contributed by atoms with Crippen molar-refractivity contribution < 1.29 is 18.4 Å². The molecule has 0 N–H and O–H groups in total. The van der Waals surface area contributed by atoms with E-state index in [1.165, 1.54) is 52.1 Å². The van der Waals surface area contributed by atoms with Gasteiger partial charge in [-0.3, -0.25) is 0 Å². The third-order valence-electron chi connectivity index (χ3n) is 4.10. The van der Waals surface area contributed by atoms with E-state index in [1.807, 2.05) is 0 Å². The van der Waals surface area contributed by atoms with Crippen molar-refractivity contribution in [3.05, 3.63) is 0 Å². The number of carbonyl (C=O) groups is 1. The van der Waals surface area contributed by atoms with Gasteiger partial charge in [0.1, 0.15) is 0 Å². The Hall–Kier alpha value is -0.176. The topological polar surface area (TPSA) is 44.8 Å². The maximum Gasteiger partial charge on any atom is 0.336 e. The SMILES string of the molecule is CCCCCCCCCC[C@@H](O[Si](C)(C)C)[C@H](O[Si](C)(C)C)C(=O)OC. The molecule has 0 aliphatic carbocycles. The van der Waals surface area contributed by atoms with Gasteiger partial charge >= 0.3 is 5.97 Å². The monoisotopic (exact) mass is 404 g/mol. The fourth-order valence-electron chi connectivity index (χ4n) is 2.98. The van der Waals surface area contributed by atoms with Crippen molar-refractivity contribution in [3.63, 3.8) is 0 Å². The van der Waals surface area contributed by atoms with Crippen LogP contribution in [0.1, 0.15) is 64.7 Å². The van der Waals surface area contributed by atoms with Gasteiger partial charge in [0.25, 0.3) is 0 Å². The number of methoxy groups -OCH3 is 1. The number of unbranched alkanes of at least 4 members (excludes halogenated alkanes) is 7. The summed E-state index contributed by atoms with van der Waals surface area (Å²) in [6.07, 6.45) is 10.3. The summed E-state index contributed by atoms with van der Waals surface area (Å²) in [5.41, 5.74) is 0. The zero-order valence-electron chi connectivity index (χ0n) is 18.7. The summed E-state index contributed by atoms with van der Waals surface area (Å²) in [5.74, 6) is -0.296. The highest BCUT2D eigenvalue weighted by Gasteiger charge is 2.37. The van der Waals surface area contributed by atoms with Gasteiger partial charge in [-0.1, -0.05) is 58.3 Å². The third-order valence-corrected chi connectivity index (χ3v) is 6.07. The molecule has 0 aliphatic rings. The first-order valence-electron chi connectivity index (χ1n) is 10.4. The highest BCUT2D eigenvalue weighted by atomic mass is 28.4. The Bertz CT molecular complexity index is 375. The average molecular weight is 405 g/mol. The molecule has 4 nitrogen and oxygen atoms in total. The minimum absolute atomic E-state index is 0.194. The standard InChI is InChI=1S/C20H44O4Si2/c1-9-10-11-12-13-14-15-16-17-18(23-25(3,4)5)19(20(21)22-2)24-26(6,7)8/h18-19H,9-17H2,1-8H3/t18-,19+/m1/s1. The molecular weight excluding hydrogens is 360 g/mol. The molecule has 0 heterocycles. The van der Waals surface area contributed by atoms with Crippen LogP contribution in [-0.2, 0) is 18.4 Å². The number of hydrogen-bond donors (Lipinski definition) is 0. The van der Waals surface area contributed by atoms with Crippen LogP contribution in [0, 0.1) is 0 Å². The van der Waals surface area contributed by atoms with Crippen molar-refractivity contribution in [1.29, 1.82) is 0 Å². The van der Waals surface area contributed by atoms with Crippen LogP contribution < -0.4 is 0 Å². The van der Waals surface area contributed by atoms with E-state index >= 15 is 0 Å². The lowest BCUT2D eigenvalue weighted by molar-refractivity contribution is -0.154. The van der Waals surface area contributed by atoms with E-state index in [2.05, 4.69) is 46.2 Å². The molecule has 0 saturated heterocycles. The molecule has 0 spiro atoms. The Kier molecular flexibility index (Phi) is 13.0. The predicted octanol–water partition coefficient (Wildman–Crippen LogP) is 6.13. The molecule has 2 atom stereocenters. The molecule has 26 heavy (non-hydrogen) atoms. The first-order chi connectivity index (χ1) is 12.0. The molecule has 0 aliphatic heterocycles. The highest BCUT2D eigenvalue weighted by molar-refractivity contribution is 6.70. The van der Waals surface area contributed by atoms with Gasteiger partial charge in [-0.25, -0.2) is 4.79 Å². The normalized spacial score (nSPS) is 14.9. The molecule has 0 amide bonds. The van der Waals surface area contributed by atoms with Crippen molar-refractivity contribution in [3.8, 4) is 0 Å². The summed E-state index contributed by atoms with van der Waals surface area (Å²) in [5, 5.41) is 0. The van der Waals surface area contributed by atoms with Crippen LogP contribution >= 0.6 is 0 Å². The van der Waals surface area contributed by atoms with Gasteiger partial charge in [-0.2, -0.15) is 0 Å². The van der Waals surface area contributed by atoms with E-state index in [1.54, 1.807) is 0 Å². The molecule has 0 aromatic carbocycles. The second kappa shape index (κ2) is 13.1. The highest BCUT2D eigenvalue weighted by Crippen LogP contribution is 2.23. The lowest BCUT2D eigenvalue weighted by Crippen LogP contribution is -2.48. The molecule has 0 aromatic heterocycles. The minimum Gasteiger partial charge on any atom is -0.467 e. The second-order valence-corrected chi connectivity index (χ2v) is 18.1. The van der Waals surface area contributed by atoms with Crippen LogP contribution in [0.25, 0.3) is 0 Å². The van der Waals surface area contributed by atoms with Gasteiger partial charge in [-0.05, 0) is 45.7 Å². The molecule has 0 bridgehead atoms. The number of carbonyl (C=O) groups excluding carboxylic acids is 1. The van der Waals surface area contributed by atoms with Gasteiger partial charge in [-0.15, -0.1) is 0 Å². The Morgan fingerprint density at radius 3 is 1.65 bits per heavy atom. The van der Waals surface area contributed by atoms with Crippen molar-refractivity contribution in [1.82, 2.24) is 0 Å². The summed E-state index contributed by atoms with van der Waals surface area (Å²) in [6.45, 7) is 15.0. The van der Waals surface area contributed by atoms with Gasteiger partial charge in [0, 0.05) is 0 Å². The molecule has 0 unspecified atom stereocenters. The summed E-state index contributed by atoms with van der Waals surface area (Å²) in [6, 6.07) is 0. The molecule has 6 heteroatoms. The summed E-state index contributed by atoms with van der Waals surface area (Å²) < 4.78 is 17.6. The maximum absolute atomic E-state index is 12.4. The van der Waals surface area contributed by atoms with E-state index in [-0.39, 0.29) is 12.1 Å². The average Bonchev–Trinajstić information content (AvgIpc) is 2.51.